The van der Waals surface area contributed by atoms with Crippen LogP contribution in [-0.2, 0) is 9.53 Å². The van der Waals surface area contributed by atoms with Crippen LogP contribution in [0.2, 0.25) is 0 Å². The van der Waals surface area contributed by atoms with Crippen LogP contribution >= 0.6 is 12.4 Å². The summed E-state index contributed by atoms with van der Waals surface area (Å²) in [7, 11) is 1.28. The molecule has 0 fully saturated rings. The highest BCUT2D eigenvalue weighted by atomic mass is 35.5. The summed E-state index contributed by atoms with van der Waals surface area (Å²) in [4.78, 5) is 10.9. The largest absolute Gasteiger partial charge is 0.468 e. The Morgan fingerprint density at radius 2 is 2.38 bits per heavy atom. The van der Waals surface area contributed by atoms with Crippen molar-refractivity contribution in [1.82, 2.24) is 10.2 Å². The van der Waals surface area contributed by atoms with Gasteiger partial charge in [-0.3, -0.25) is 0 Å². The van der Waals surface area contributed by atoms with E-state index in [1.165, 1.54) is 13.3 Å². The van der Waals surface area contributed by atoms with E-state index in [2.05, 4.69) is 14.9 Å². The van der Waals surface area contributed by atoms with Gasteiger partial charge in [0.05, 0.1) is 12.8 Å². The summed E-state index contributed by atoms with van der Waals surface area (Å²) >= 11 is 0. The number of carbonyl (C=O) groups excluding carboxylic acids is 1. The Hall–Kier alpha value is -1.20. The fourth-order valence-corrected chi connectivity index (χ4v) is 0.727. The second kappa shape index (κ2) is 5.45. The molecule has 72 valence electrons. The molecule has 1 aromatic rings. The Morgan fingerprint density at radius 1 is 1.69 bits per heavy atom. The first kappa shape index (κ1) is 11.8. The topological polar surface area (TPSA) is 78.1 Å². The molecule has 1 rings (SSSR count). The number of nitrogens with zero attached hydrogens (tertiary/aromatic N) is 2. The zero-order chi connectivity index (χ0) is 8.97. The highest BCUT2D eigenvalue weighted by Crippen LogP contribution is 2.05. The van der Waals surface area contributed by atoms with Crippen LogP contribution in [0.4, 0.5) is 0 Å². The third-order valence-electron chi connectivity index (χ3n) is 1.37. The third-order valence-corrected chi connectivity index (χ3v) is 1.37. The number of nitrogens with two attached hydrogens (primary N) is 1. The van der Waals surface area contributed by atoms with Gasteiger partial charge in [0.15, 0.2) is 0 Å². The minimum absolute atomic E-state index is 0. The smallest absolute Gasteiger partial charge is 0.328 e. The maximum atomic E-state index is 10.9. The molecule has 2 N–H and O–H groups in total. The predicted molar refractivity (Wildman–Crippen MR) is 48.2 cm³/mol. The van der Waals surface area contributed by atoms with Crippen molar-refractivity contribution in [3.8, 4) is 0 Å². The van der Waals surface area contributed by atoms with Crippen LogP contribution in [0.1, 0.15) is 11.7 Å². The zero-order valence-electron chi connectivity index (χ0n) is 7.01. The molecule has 6 heteroatoms. The van der Waals surface area contributed by atoms with Crippen molar-refractivity contribution in [2.45, 2.75) is 6.04 Å². The summed E-state index contributed by atoms with van der Waals surface area (Å²) in [6, 6.07) is 2.43. The normalized spacial score (nSPS) is 11.2. The monoisotopic (exact) mass is 203 g/mol. The summed E-state index contributed by atoms with van der Waals surface area (Å²) in [6.07, 6.45) is 1.51. The molecule has 1 atom stereocenters. The van der Waals surface area contributed by atoms with Crippen molar-refractivity contribution in [2.24, 2.45) is 5.73 Å². The lowest BCUT2D eigenvalue weighted by Crippen LogP contribution is -2.23. The van der Waals surface area contributed by atoms with Crippen LogP contribution in [0, 0.1) is 0 Å². The van der Waals surface area contributed by atoms with E-state index >= 15 is 0 Å². The van der Waals surface area contributed by atoms with E-state index in [0.717, 1.165) is 0 Å². The van der Waals surface area contributed by atoms with Crippen LogP contribution in [-0.4, -0.2) is 23.3 Å². The second-order valence-electron chi connectivity index (χ2n) is 2.15. The molecule has 0 aliphatic carbocycles. The molecule has 0 aliphatic heterocycles. The van der Waals surface area contributed by atoms with Crippen molar-refractivity contribution in [1.29, 1.82) is 0 Å². The van der Waals surface area contributed by atoms with Gasteiger partial charge in [0, 0.05) is 6.20 Å². The van der Waals surface area contributed by atoms with Crippen molar-refractivity contribution in [3.05, 3.63) is 24.0 Å². The van der Waals surface area contributed by atoms with Gasteiger partial charge in [-0.05, 0) is 12.1 Å². The second-order valence-corrected chi connectivity index (χ2v) is 2.15. The lowest BCUT2D eigenvalue weighted by molar-refractivity contribution is -0.142. The maximum Gasteiger partial charge on any atom is 0.328 e. The van der Waals surface area contributed by atoms with Gasteiger partial charge in [0.2, 0.25) is 0 Å². The molecule has 0 aromatic carbocycles. The molecule has 0 saturated carbocycles. The van der Waals surface area contributed by atoms with Gasteiger partial charge in [0.1, 0.15) is 6.04 Å². The van der Waals surface area contributed by atoms with E-state index in [4.69, 9.17) is 5.73 Å². The highest BCUT2D eigenvalue weighted by molar-refractivity contribution is 5.85. The van der Waals surface area contributed by atoms with E-state index in [1.807, 2.05) is 0 Å². The molecule has 0 spiro atoms. The first-order valence-electron chi connectivity index (χ1n) is 3.36. The molecular weight excluding hydrogens is 194 g/mol. The number of carbonyl (C=O) groups is 1. The van der Waals surface area contributed by atoms with E-state index in [-0.39, 0.29) is 12.4 Å². The number of hydrogen-bond donors (Lipinski definition) is 1. The fraction of sp³-hybridized carbons (Fsp3) is 0.286. The lowest BCUT2D eigenvalue weighted by Gasteiger charge is -2.06. The minimum Gasteiger partial charge on any atom is -0.468 e. The van der Waals surface area contributed by atoms with Crippen LogP contribution in [0.15, 0.2) is 18.3 Å². The van der Waals surface area contributed by atoms with Gasteiger partial charge < -0.3 is 10.5 Å². The van der Waals surface area contributed by atoms with Gasteiger partial charge in [-0.1, -0.05) is 0 Å². The summed E-state index contributed by atoms with van der Waals surface area (Å²) in [6.45, 7) is 0. The van der Waals surface area contributed by atoms with Crippen LogP contribution in [0.25, 0.3) is 0 Å². The standard InChI is InChI=1S/C7H9N3O2.ClH/c1-12-7(11)6(8)5-3-2-4-9-10-5;/h2-4,6H,8H2,1H3;1H. The van der Waals surface area contributed by atoms with Gasteiger partial charge in [-0.25, -0.2) is 4.79 Å². The minimum atomic E-state index is -0.844. The summed E-state index contributed by atoms with van der Waals surface area (Å²) in [5, 5.41) is 7.26. The van der Waals surface area contributed by atoms with E-state index in [0.29, 0.717) is 5.69 Å². The number of halogens is 1. The Kier molecular flexibility index (Phi) is 4.94. The Balaban J connectivity index is 0.00000144. The van der Waals surface area contributed by atoms with Crippen LogP contribution < -0.4 is 5.73 Å². The van der Waals surface area contributed by atoms with Crippen molar-refractivity contribution < 1.29 is 9.53 Å². The average molecular weight is 204 g/mol. The van der Waals surface area contributed by atoms with Gasteiger partial charge in [-0.2, -0.15) is 10.2 Å². The lowest BCUT2D eigenvalue weighted by atomic mass is 10.2. The number of esters is 1. The molecule has 0 amide bonds. The molecule has 5 nitrogen and oxygen atoms in total. The molecule has 0 bridgehead atoms. The molecule has 1 heterocycles. The SMILES string of the molecule is COC(=O)C(N)c1cccnn1.Cl. The third kappa shape index (κ3) is 2.96. The van der Waals surface area contributed by atoms with Crippen molar-refractivity contribution in [2.75, 3.05) is 7.11 Å². The van der Waals surface area contributed by atoms with E-state index in [1.54, 1.807) is 12.1 Å². The van der Waals surface area contributed by atoms with Crippen molar-refractivity contribution in [3.63, 3.8) is 0 Å². The number of hydrogen-bond acceptors (Lipinski definition) is 5. The molecule has 0 aliphatic rings. The average Bonchev–Trinajstić information content (AvgIpc) is 2.17. The maximum absolute atomic E-state index is 10.9. The number of rotatable bonds is 2. The summed E-state index contributed by atoms with van der Waals surface area (Å²) in [5.41, 5.74) is 5.88. The van der Waals surface area contributed by atoms with Gasteiger partial charge in [-0.15, -0.1) is 12.4 Å². The highest BCUT2D eigenvalue weighted by Gasteiger charge is 2.16. The Bertz CT molecular complexity index is 268. The quantitative estimate of drug-likeness (QED) is 0.689. The summed E-state index contributed by atoms with van der Waals surface area (Å²) in [5.74, 6) is -0.518. The van der Waals surface area contributed by atoms with Crippen LogP contribution in [0.5, 0.6) is 0 Å². The first-order valence-corrected chi connectivity index (χ1v) is 3.36. The Labute approximate surface area is 81.7 Å². The van der Waals surface area contributed by atoms with Crippen LogP contribution in [0.3, 0.4) is 0 Å². The molecule has 0 saturated heterocycles. The number of aromatic nitrogens is 2. The number of methoxy groups -OCH3 is 1. The fourth-order valence-electron chi connectivity index (χ4n) is 0.727. The number of ether oxygens (including phenoxy) is 1. The predicted octanol–water partition coefficient (Wildman–Crippen LogP) is 0.0712. The van der Waals surface area contributed by atoms with E-state index in [9.17, 15) is 4.79 Å². The van der Waals surface area contributed by atoms with Gasteiger partial charge >= 0.3 is 5.97 Å². The molecule has 0 radical (unpaired) electrons. The molecular formula is C7H10ClN3O2. The molecule has 1 aromatic heterocycles. The summed E-state index contributed by atoms with van der Waals surface area (Å²) < 4.78 is 4.43. The zero-order valence-corrected chi connectivity index (χ0v) is 7.82. The Morgan fingerprint density at radius 3 is 2.85 bits per heavy atom. The first-order chi connectivity index (χ1) is 5.75. The van der Waals surface area contributed by atoms with Crippen molar-refractivity contribution >= 4 is 18.4 Å². The molecule has 1 unspecified atom stereocenters. The molecule has 13 heavy (non-hydrogen) atoms. The van der Waals surface area contributed by atoms with E-state index < -0.39 is 12.0 Å². The van der Waals surface area contributed by atoms with Gasteiger partial charge in [0.25, 0.3) is 0 Å².